The van der Waals surface area contributed by atoms with Gasteiger partial charge in [0.05, 0.1) is 11.2 Å². The van der Waals surface area contributed by atoms with E-state index in [1.807, 2.05) is 34.5 Å². The summed E-state index contributed by atoms with van der Waals surface area (Å²) in [6.45, 7) is 2.16. The van der Waals surface area contributed by atoms with Crippen molar-refractivity contribution in [1.29, 1.82) is 0 Å². The van der Waals surface area contributed by atoms with Gasteiger partial charge in [0.2, 0.25) is 0 Å². The quantitative estimate of drug-likeness (QED) is 0.863. The minimum Gasteiger partial charge on any atom is -0.487 e. The summed E-state index contributed by atoms with van der Waals surface area (Å²) >= 11 is 1.55. The second kappa shape index (κ2) is 7.40. The standard InChI is InChI=1S/C17H20N2O2S/c20-17(19-8-3-1-2-4-9-19)14-6-5-7-16(10-14)21-11-15-12-22-13-18-15/h5-7,10,12-13H,1-4,8-9,11H2. The molecule has 0 unspecified atom stereocenters. The minimum atomic E-state index is 0.112. The van der Waals surface area contributed by atoms with Gasteiger partial charge in [-0.15, -0.1) is 11.3 Å². The largest absolute Gasteiger partial charge is 0.487 e. The number of hydrogen-bond donors (Lipinski definition) is 0. The number of aromatic nitrogens is 1. The molecule has 0 radical (unpaired) electrons. The first-order valence-electron chi connectivity index (χ1n) is 7.72. The molecule has 1 amide bonds. The molecule has 1 fully saturated rings. The molecule has 0 spiro atoms. The molecule has 0 aliphatic carbocycles. The molecular formula is C17H20N2O2S. The number of amides is 1. The number of likely N-dealkylation sites (tertiary alicyclic amines) is 1. The van der Waals surface area contributed by atoms with Crippen LogP contribution in [0.4, 0.5) is 0 Å². The Balaban J connectivity index is 1.65. The van der Waals surface area contributed by atoms with E-state index in [1.165, 1.54) is 12.8 Å². The van der Waals surface area contributed by atoms with Gasteiger partial charge < -0.3 is 9.64 Å². The predicted molar refractivity (Wildman–Crippen MR) is 87.3 cm³/mol. The molecule has 116 valence electrons. The van der Waals surface area contributed by atoms with Crippen molar-refractivity contribution in [2.75, 3.05) is 13.1 Å². The van der Waals surface area contributed by atoms with Crippen LogP contribution in [0.25, 0.3) is 0 Å². The number of rotatable bonds is 4. The van der Waals surface area contributed by atoms with Gasteiger partial charge in [0.1, 0.15) is 12.4 Å². The predicted octanol–water partition coefficient (Wildman–Crippen LogP) is 3.74. The molecule has 0 atom stereocenters. The average Bonchev–Trinajstić information content (AvgIpc) is 2.93. The zero-order valence-electron chi connectivity index (χ0n) is 12.5. The van der Waals surface area contributed by atoms with Crippen LogP contribution in [0.3, 0.4) is 0 Å². The smallest absolute Gasteiger partial charge is 0.253 e. The Morgan fingerprint density at radius 3 is 2.77 bits per heavy atom. The zero-order chi connectivity index (χ0) is 15.2. The summed E-state index contributed by atoms with van der Waals surface area (Å²) in [5.41, 5.74) is 3.41. The molecule has 1 aromatic heterocycles. The molecule has 1 saturated heterocycles. The van der Waals surface area contributed by atoms with Crippen LogP contribution in [-0.4, -0.2) is 28.9 Å². The topological polar surface area (TPSA) is 42.4 Å². The zero-order valence-corrected chi connectivity index (χ0v) is 13.3. The highest BCUT2D eigenvalue weighted by molar-refractivity contribution is 7.07. The molecule has 2 aromatic rings. The Hall–Kier alpha value is -1.88. The van der Waals surface area contributed by atoms with Gasteiger partial charge in [0.15, 0.2) is 0 Å². The van der Waals surface area contributed by atoms with Crippen molar-refractivity contribution in [2.24, 2.45) is 0 Å². The fourth-order valence-corrected chi connectivity index (χ4v) is 3.18. The minimum absolute atomic E-state index is 0.112. The fourth-order valence-electron chi connectivity index (χ4n) is 2.64. The van der Waals surface area contributed by atoms with Crippen LogP contribution >= 0.6 is 11.3 Å². The number of nitrogens with zero attached hydrogens (tertiary/aromatic N) is 2. The van der Waals surface area contributed by atoms with Crippen LogP contribution in [-0.2, 0) is 6.61 Å². The van der Waals surface area contributed by atoms with Crippen LogP contribution in [0.15, 0.2) is 35.2 Å². The molecule has 1 aromatic carbocycles. The molecule has 4 nitrogen and oxygen atoms in total. The molecule has 1 aliphatic rings. The highest BCUT2D eigenvalue weighted by Gasteiger charge is 2.17. The lowest BCUT2D eigenvalue weighted by Gasteiger charge is -2.20. The van der Waals surface area contributed by atoms with E-state index in [1.54, 1.807) is 16.8 Å². The lowest BCUT2D eigenvalue weighted by molar-refractivity contribution is 0.0761. The summed E-state index contributed by atoms with van der Waals surface area (Å²) in [6, 6.07) is 7.45. The van der Waals surface area contributed by atoms with Gasteiger partial charge >= 0.3 is 0 Å². The molecular weight excluding hydrogens is 296 g/mol. The van der Waals surface area contributed by atoms with E-state index in [0.29, 0.717) is 17.9 Å². The molecule has 1 aliphatic heterocycles. The van der Waals surface area contributed by atoms with Gasteiger partial charge in [-0.25, -0.2) is 4.98 Å². The summed E-state index contributed by atoms with van der Waals surface area (Å²) in [7, 11) is 0. The molecule has 0 bridgehead atoms. The van der Waals surface area contributed by atoms with Gasteiger partial charge in [-0.2, -0.15) is 0 Å². The van der Waals surface area contributed by atoms with Gasteiger partial charge in [0, 0.05) is 24.0 Å². The Bertz CT molecular complexity index is 605. The van der Waals surface area contributed by atoms with E-state index in [2.05, 4.69) is 4.98 Å². The van der Waals surface area contributed by atoms with Crippen molar-refractivity contribution in [3.8, 4) is 5.75 Å². The summed E-state index contributed by atoms with van der Waals surface area (Å²) in [6.07, 6.45) is 4.65. The van der Waals surface area contributed by atoms with E-state index < -0.39 is 0 Å². The van der Waals surface area contributed by atoms with E-state index >= 15 is 0 Å². The van der Waals surface area contributed by atoms with Gasteiger partial charge in [0.25, 0.3) is 5.91 Å². The number of carbonyl (C=O) groups excluding carboxylic acids is 1. The van der Waals surface area contributed by atoms with Crippen molar-refractivity contribution in [3.05, 3.63) is 46.4 Å². The summed E-state index contributed by atoms with van der Waals surface area (Å²) in [5.74, 6) is 0.828. The fraction of sp³-hybridized carbons (Fsp3) is 0.412. The van der Waals surface area contributed by atoms with Gasteiger partial charge in [-0.05, 0) is 31.0 Å². The maximum absolute atomic E-state index is 12.6. The first kappa shape index (κ1) is 15.0. The van der Waals surface area contributed by atoms with E-state index in [4.69, 9.17) is 4.74 Å². The van der Waals surface area contributed by atoms with Crippen molar-refractivity contribution in [2.45, 2.75) is 32.3 Å². The van der Waals surface area contributed by atoms with Crippen molar-refractivity contribution < 1.29 is 9.53 Å². The number of benzene rings is 1. The van der Waals surface area contributed by atoms with Crippen LogP contribution in [0.2, 0.25) is 0 Å². The van der Waals surface area contributed by atoms with Crippen LogP contribution in [0.5, 0.6) is 5.75 Å². The molecule has 0 saturated carbocycles. The van der Waals surface area contributed by atoms with E-state index in [-0.39, 0.29) is 5.91 Å². The lowest BCUT2D eigenvalue weighted by atomic mass is 10.2. The summed E-state index contributed by atoms with van der Waals surface area (Å²) < 4.78 is 5.73. The molecule has 0 N–H and O–H groups in total. The molecule has 5 heteroatoms. The van der Waals surface area contributed by atoms with Crippen LogP contribution in [0.1, 0.15) is 41.7 Å². The number of thiazole rings is 1. The number of ether oxygens (including phenoxy) is 1. The number of carbonyl (C=O) groups is 1. The molecule has 22 heavy (non-hydrogen) atoms. The maximum atomic E-state index is 12.6. The number of hydrogen-bond acceptors (Lipinski definition) is 4. The maximum Gasteiger partial charge on any atom is 0.253 e. The third-order valence-corrected chi connectivity index (χ3v) is 4.48. The van der Waals surface area contributed by atoms with E-state index in [0.717, 1.165) is 31.6 Å². The van der Waals surface area contributed by atoms with Crippen molar-refractivity contribution in [1.82, 2.24) is 9.88 Å². The molecule has 2 heterocycles. The normalized spacial score (nSPS) is 15.4. The Labute approximate surface area is 134 Å². The lowest BCUT2D eigenvalue weighted by Crippen LogP contribution is -2.31. The highest BCUT2D eigenvalue weighted by Crippen LogP contribution is 2.18. The van der Waals surface area contributed by atoms with Crippen LogP contribution < -0.4 is 4.74 Å². The Morgan fingerprint density at radius 1 is 1.23 bits per heavy atom. The second-order valence-electron chi connectivity index (χ2n) is 5.50. The van der Waals surface area contributed by atoms with Gasteiger partial charge in [-0.3, -0.25) is 4.79 Å². The van der Waals surface area contributed by atoms with Crippen molar-refractivity contribution in [3.63, 3.8) is 0 Å². The first-order chi connectivity index (χ1) is 10.8. The van der Waals surface area contributed by atoms with Gasteiger partial charge in [-0.1, -0.05) is 18.9 Å². The van der Waals surface area contributed by atoms with E-state index in [9.17, 15) is 4.79 Å². The third-order valence-electron chi connectivity index (χ3n) is 3.84. The average molecular weight is 316 g/mol. The summed E-state index contributed by atoms with van der Waals surface area (Å²) in [4.78, 5) is 18.8. The molecule has 3 rings (SSSR count). The summed E-state index contributed by atoms with van der Waals surface area (Å²) in [5, 5.41) is 1.96. The highest BCUT2D eigenvalue weighted by atomic mass is 32.1. The monoisotopic (exact) mass is 316 g/mol. The first-order valence-corrected chi connectivity index (χ1v) is 8.66. The van der Waals surface area contributed by atoms with Crippen molar-refractivity contribution >= 4 is 17.2 Å². The SMILES string of the molecule is O=C(c1cccc(OCc2cscn2)c1)N1CCCCCC1. The Kier molecular flexibility index (Phi) is 5.06. The van der Waals surface area contributed by atoms with Crippen LogP contribution in [0, 0.1) is 0 Å². The third kappa shape index (κ3) is 3.85. The second-order valence-corrected chi connectivity index (χ2v) is 6.22. The Morgan fingerprint density at radius 2 is 2.05 bits per heavy atom.